The number of amides is 5. The van der Waals surface area contributed by atoms with Gasteiger partial charge in [-0.15, -0.1) is 0 Å². The lowest BCUT2D eigenvalue weighted by molar-refractivity contribution is 0.0655. The molecule has 134 valence electrons. The molecule has 0 radical (unpaired) electrons. The molecule has 0 aliphatic carbocycles. The van der Waals surface area contributed by atoms with Gasteiger partial charge in [-0.2, -0.15) is 0 Å². The van der Waals surface area contributed by atoms with Gasteiger partial charge in [-0.3, -0.25) is 14.5 Å². The van der Waals surface area contributed by atoms with Crippen molar-refractivity contribution in [2.45, 2.75) is 6.92 Å². The molecule has 1 aromatic carbocycles. The summed E-state index contributed by atoms with van der Waals surface area (Å²) in [5.41, 5.74) is 0.754. The molecule has 0 unspecified atom stereocenters. The van der Waals surface area contributed by atoms with Gasteiger partial charge in [-0.1, -0.05) is 12.1 Å². The highest BCUT2D eigenvalue weighted by Crippen LogP contribution is 2.21. The number of alkyl carbamates (subject to hydrolysis) is 1. The van der Waals surface area contributed by atoms with Crippen molar-refractivity contribution in [2.24, 2.45) is 0 Å². The molecular weight excluding hydrogens is 328 g/mol. The summed E-state index contributed by atoms with van der Waals surface area (Å²) < 4.78 is 4.67. The first-order valence-corrected chi connectivity index (χ1v) is 7.92. The zero-order valence-electron chi connectivity index (χ0n) is 13.8. The van der Waals surface area contributed by atoms with E-state index >= 15 is 0 Å². The molecule has 9 nitrogen and oxygen atoms in total. The average Bonchev–Trinajstić information content (AvgIpc) is 2.84. The van der Waals surface area contributed by atoms with Crippen LogP contribution < -0.4 is 16.0 Å². The van der Waals surface area contributed by atoms with Gasteiger partial charge in [0.2, 0.25) is 0 Å². The molecule has 1 aliphatic rings. The molecule has 9 heteroatoms. The van der Waals surface area contributed by atoms with Crippen molar-refractivity contribution in [3.63, 3.8) is 0 Å². The molecule has 1 heterocycles. The van der Waals surface area contributed by atoms with Crippen molar-refractivity contribution in [3.8, 4) is 0 Å². The van der Waals surface area contributed by atoms with E-state index in [2.05, 4.69) is 20.7 Å². The number of nitrogens with one attached hydrogen (secondary N) is 3. The highest BCUT2D eigenvalue weighted by Gasteiger charge is 2.34. The van der Waals surface area contributed by atoms with Gasteiger partial charge in [-0.05, 0) is 19.1 Å². The predicted octanol–water partition coefficient (Wildman–Crippen LogP) is 0.328. The summed E-state index contributed by atoms with van der Waals surface area (Å²) in [7, 11) is 0. The van der Waals surface area contributed by atoms with Gasteiger partial charge in [0.15, 0.2) is 0 Å². The summed E-state index contributed by atoms with van der Waals surface area (Å²) >= 11 is 0. The first-order valence-electron chi connectivity index (χ1n) is 7.92. The second kappa shape index (κ2) is 8.67. The minimum atomic E-state index is -0.546. The van der Waals surface area contributed by atoms with Gasteiger partial charge in [0.25, 0.3) is 11.8 Å². The van der Waals surface area contributed by atoms with Gasteiger partial charge < -0.3 is 20.7 Å². The van der Waals surface area contributed by atoms with E-state index in [1.54, 1.807) is 31.2 Å². The first kappa shape index (κ1) is 18.2. The number of fused-ring (bicyclic) bond motifs is 1. The van der Waals surface area contributed by atoms with Gasteiger partial charge in [-0.25, -0.2) is 9.59 Å². The van der Waals surface area contributed by atoms with Crippen LogP contribution >= 0.6 is 0 Å². The molecule has 1 aromatic rings. The van der Waals surface area contributed by atoms with Crippen molar-refractivity contribution in [1.29, 1.82) is 0 Å². The Hall–Kier alpha value is -3.10. The van der Waals surface area contributed by atoms with Crippen LogP contribution in [0.15, 0.2) is 24.3 Å². The minimum absolute atomic E-state index is 0.0842. The number of rotatable bonds is 7. The molecule has 0 saturated heterocycles. The predicted molar refractivity (Wildman–Crippen MR) is 88.2 cm³/mol. The van der Waals surface area contributed by atoms with Gasteiger partial charge in [0, 0.05) is 26.2 Å². The number of hydrogen-bond donors (Lipinski definition) is 3. The Morgan fingerprint density at radius 3 is 2.12 bits per heavy atom. The third-order valence-electron chi connectivity index (χ3n) is 3.45. The maximum atomic E-state index is 12.1. The van der Waals surface area contributed by atoms with Crippen LogP contribution in [0.1, 0.15) is 27.6 Å². The van der Waals surface area contributed by atoms with Crippen molar-refractivity contribution in [1.82, 2.24) is 20.9 Å². The number of imide groups is 1. The van der Waals surface area contributed by atoms with Crippen LogP contribution in [-0.4, -0.2) is 61.6 Å². The number of carbonyl (C=O) groups excluding carboxylic acids is 4. The second-order valence-corrected chi connectivity index (χ2v) is 5.14. The Balaban J connectivity index is 1.66. The molecule has 0 spiro atoms. The molecule has 5 amide bonds. The van der Waals surface area contributed by atoms with Gasteiger partial charge >= 0.3 is 12.1 Å². The number of ether oxygens (including phenoxy) is 1. The quantitative estimate of drug-likeness (QED) is 0.485. The van der Waals surface area contributed by atoms with Crippen LogP contribution in [0.5, 0.6) is 0 Å². The van der Waals surface area contributed by atoms with E-state index in [-0.39, 0.29) is 44.6 Å². The molecular formula is C16H20N4O5. The summed E-state index contributed by atoms with van der Waals surface area (Å²) in [4.78, 5) is 48.0. The van der Waals surface area contributed by atoms with E-state index in [9.17, 15) is 19.2 Å². The average molecular weight is 348 g/mol. The zero-order chi connectivity index (χ0) is 18.2. The summed E-state index contributed by atoms with van der Waals surface area (Å²) in [6, 6.07) is 6.15. The fraction of sp³-hybridized carbons (Fsp3) is 0.375. The van der Waals surface area contributed by atoms with E-state index in [0.29, 0.717) is 11.1 Å². The summed E-state index contributed by atoms with van der Waals surface area (Å²) in [5, 5.41) is 7.55. The lowest BCUT2D eigenvalue weighted by Crippen LogP contribution is -2.44. The maximum absolute atomic E-state index is 12.1. The van der Waals surface area contributed by atoms with Gasteiger partial charge in [0.05, 0.1) is 17.7 Å². The number of benzene rings is 1. The zero-order valence-corrected chi connectivity index (χ0v) is 13.8. The molecule has 1 aliphatic heterocycles. The maximum Gasteiger partial charge on any atom is 0.407 e. The number of hydrogen-bond acceptors (Lipinski definition) is 5. The van der Waals surface area contributed by atoms with Crippen molar-refractivity contribution in [3.05, 3.63) is 35.4 Å². The van der Waals surface area contributed by atoms with Crippen molar-refractivity contribution >= 4 is 23.9 Å². The number of nitrogens with zero attached hydrogens (tertiary/aromatic N) is 1. The topological polar surface area (TPSA) is 117 Å². The SMILES string of the molecule is CCOC(=O)NCCNC(=O)NCCN1C(=O)c2ccccc2C1=O. The second-order valence-electron chi connectivity index (χ2n) is 5.14. The summed E-state index contributed by atoms with van der Waals surface area (Å²) in [6.45, 7) is 2.63. The Kier molecular flexibility index (Phi) is 6.33. The Bertz CT molecular complexity index is 641. The van der Waals surface area contributed by atoms with E-state index in [4.69, 9.17) is 0 Å². The molecule has 0 bridgehead atoms. The van der Waals surface area contributed by atoms with Crippen molar-refractivity contribution in [2.75, 3.05) is 32.8 Å². The Labute approximate surface area is 144 Å². The van der Waals surface area contributed by atoms with E-state index < -0.39 is 12.1 Å². The van der Waals surface area contributed by atoms with Crippen LogP contribution in [0.25, 0.3) is 0 Å². The van der Waals surface area contributed by atoms with Crippen LogP contribution in [0.3, 0.4) is 0 Å². The molecule has 25 heavy (non-hydrogen) atoms. The van der Waals surface area contributed by atoms with Crippen molar-refractivity contribution < 1.29 is 23.9 Å². The molecule has 2 rings (SSSR count). The van der Waals surface area contributed by atoms with E-state index in [1.165, 1.54) is 0 Å². The fourth-order valence-corrected chi connectivity index (χ4v) is 2.31. The molecule has 0 fully saturated rings. The minimum Gasteiger partial charge on any atom is -0.450 e. The lowest BCUT2D eigenvalue weighted by atomic mass is 10.1. The number of urea groups is 1. The monoisotopic (exact) mass is 348 g/mol. The summed E-state index contributed by atoms with van der Waals surface area (Å²) in [6.07, 6.45) is -0.546. The van der Waals surface area contributed by atoms with Crippen LogP contribution in [0.4, 0.5) is 9.59 Å². The highest BCUT2D eigenvalue weighted by atomic mass is 16.5. The number of carbonyl (C=O) groups is 4. The fourth-order valence-electron chi connectivity index (χ4n) is 2.31. The molecule has 0 saturated carbocycles. The third-order valence-corrected chi connectivity index (χ3v) is 3.45. The van der Waals surface area contributed by atoms with Gasteiger partial charge in [0.1, 0.15) is 0 Å². The standard InChI is InChI=1S/C16H20N4O5/c1-2-25-16(24)19-8-7-17-15(23)18-9-10-20-13(21)11-5-3-4-6-12(11)14(20)22/h3-6H,2,7-10H2,1H3,(H,19,24)(H2,17,18,23). The Morgan fingerprint density at radius 1 is 0.960 bits per heavy atom. The molecule has 0 atom stereocenters. The first-order chi connectivity index (χ1) is 12.0. The smallest absolute Gasteiger partial charge is 0.407 e. The largest absolute Gasteiger partial charge is 0.450 e. The van der Waals surface area contributed by atoms with Crippen LogP contribution in [0, 0.1) is 0 Å². The summed E-state index contributed by atoms with van der Waals surface area (Å²) in [5.74, 6) is -0.720. The normalized spacial score (nSPS) is 12.6. The van der Waals surface area contributed by atoms with Crippen LogP contribution in [0.2, 0.25) is 0 Å². The highest BCUT2D eigenvalue weighted by molar-refractivity contribution is 6.21. The van der Waals surface area contributed by atoms with E-state index in [0.717, 1.165) is 4.90 Å². The van der Waals surface area contributed by atoms with E-state index in [1.807, 2.05) is 0 Å². The van der Waals surface area contributed by atoms with Crippen LogP contribution in [-0.2, 0) is 4.74 Å². The Morgan fingerprint density at radius 2 is 1.52 bits per heavy atom. The lowest BCUT2D eigenvalue weighted by Gasteiger charge is -2.14. The molecule has 0 aromatic heterocycles. The molecule has 3 N–H and O–H groups in total. The third kappa shape index (κ3) is 4.69.